The first kappa shape index (κ1) is 11.0. The van der Waals surface area contributed by atoms with Crippen LogP contribution in [0.25, 0.3) is 10.9 Å². The molecule has 0 atom stereocenters. The molecule has 4 N–H and O–H groups in total. The summed E-state index contributed by atoms with van der Waals surface area (Å²) in [6.07, 6.45) is 0. The van der Waals surface area contributed by atoms with Gasteiger partial charge in [-0.2, -0.15) is 0 Å². The van der Waals surface area contributed by atoms with E-state index in [4.69, 9.17) is 15.6 Å². The Morgan fingerprint density at radius 3 is 2.76 bits per heavy atom. The highest BCUT2D eigenvalue weighted by Crippen LogP contribution is 2.21. The zero-order valence-corrected chi connectivity index (χ0v) is 8.77. The van der Waals surface area contributed by atoms with Crippen molar-refractivity contribution in [2.75, 3.05) is 6.61 Å². The van der Waals surface area contributed by atoms with Gasteiger partial charge in [-0.05, 0) is 18.2 Å². The fourth-order valence-electron chi connectivity index (χ4n) is 1.47. The molecule has 0 saturated heterocycles. The lowest BCUT2D eigenvalue weighted by Gasteiger charge is -2.02. The molecule has 2 aromatic rings. The number of carbonyl (C=O) groups is 2. The fourth-order valence-corrected chi connectivity index (χ4v) is 1.47. The van der Waals surface area contributed by atoms with E-state index in [0.717, 1.165) is 5.39 Å². The molecule has 6 heteroatoms. The molecular weight excluding hydrogens is 224 g/mol. The van der Waals surface area contributed by atoms with Gasteiger partial charge in [-0.25, -0.2) is 4.79 Å². The Kier molecular flexibility index (Phi) is 2.70. The van der Waals surface area contributed by atoms with Gasteiger partial charge in [-0.1, -0.05) is 0 Å². The molecular formula is C11H10N2O4. The van der Waals surface area contributed by atoms with Crippen LogP contribution in [0.5, 0.6) is 5.75 Å². The lowest BCUT2D eigenvalue weighted by molar-refractivity contribution is -0.119. The van der Waals surface area contributed by atoms with Gasteiger partial charge in [0.05, 0.1) is 0 Å². The first-order chi connectivity index (χ1) is 8.06. The number of rotatable bonds is 4. The minimum Gasteiger partial charge on any atom is -0.484 e. The van der Waals surface area contributed by atoms with Crippen molar-refractivity contribution in [3.8, 4) is 5.75 Å². The van der Waals surface area contributed by atoms with E-state index in [9.17, 15) is 9.59 Å². The van der Waals surface area contributed by atoms with Crippen molar-refractivity contribution in [1.29, 1.82) is 0 Å². The summed E-state index contributed by atoms with van der Waals surface area (Å²) in [6, 6.07) is 6.49. The molecule has 1 heterocycles. The Balaban J connectivity index is 2.30. The molecule has 0 radical (unpaired) electrons. The average molecular weight is 234 g/mol. The van der Waals surface area contributed by atoms with Crippen molar-refractivity contribution in [2.24, 2.45) is 5.73 Å². The molecule has 1 aromatic carbocycles. The summed E-state index contributed by atoms with van der Waals surface area (Å²) in [4.78, 5) is 24.0. The van der Waals surface area contributed by atoms with Gasteiger partial charge in [0.15, 0.2) is 6.61 Å². The van der Waals surface area contributed by atoms with Gasteiger partial charge >= 0.3 is 5.97 Å². The van der Waals surface area contributed by atoms with Crippen LogP contribution in [0.15, 0.2) is 24.3 Å². The highest BCUT2D eigenvalue weighted by atomic mass is 16.5. The number of nitrogens with one attached hydrogen (secondary N) is 1. The lowest BCUT2D eigenvalue weighted by Crippen LogP contribution is -2.19. The van der Waals surface area contributed by atoms with E-state index in [-0.39, 0.29) is 12.3 Å². The Hall–Kier alpha value is -2.50. The van der Waals surface area contributed by atoms with Crippen LogP contribution in [-0.2, 0) is 4.79 Å². The molecule has 0 bridgehead atoms. The molecule has 0 fully saturated rings. The SMILES string of the molecule is NC(=O)COc1ccc2cc(C(=O)O)[nH]c2c1. The van der Waals surface area contributed by atoms with Gasteiger partial charge in [-0.15, -0.1) is 0 Å². The zero-order chi connectivity index (χ0) is 12.4. The molecule has 17 heavy (non-hydrogen) atoms. The third-order valence-electron chi connectivity index (χ3n) is 2.21. The number of carboxylic acids is 1. The number of amides is 1. The van der Waals surface area contributed by atoms with Gasteiger partial charge in [0, 0.05) is 17.0 Å². The summed E-state index contributed by atoms with van der Waals surface area (Å²) in [5.41, 5.74) is 5.68. The molecule has 2 rings (SSSR count). The molecule has 6 nitrogen and oxygen atoms in total. The minimum absolute atomic E-state index is 0.104. The third kappa shape index (κ3) is 2.36. The maximum absolute atomic E-state index is 10.7. The van der Waals surface area contributed by atoms with Gasteiger partial charge in [0.25, 0.3) is 5.91 Å². The third-order valence-corrected chi connectivity index (χ3v) is 2.21. The van der Waals surface area contributed by atoms with Crippen molar-refractivity contribution in [1.82, 2.24) is 4.98 Å². The number of fused-ring (bicyclic) bond motifs is 1. The highest BCUT2D eigenvalue weighted by Gasteiger charge is 2.08. The van der Waals surface area contributed by atoms with E-state index in [2.05, 4.69) is 4.98 Å². The Morgan fingerprint density at radius 1 is 1.35 bits per heavy atom. The Labute approximate surface area is 96.0 Å². The van der Waals surface area contributed by atoms with E-state index in [1.54, 1.807) is 18.2 Å². The van der Waals surface area contributed by atoms with E-state index >= 15 is 0 Å². The number of aromatic nitrogens is 1. The molecule has 0 aliphatic heterocycles. The second-order valence-corrected chi connectivity index (χ2v) is 3.49. The number of hydrogen-bond acceptors (Lipinski definition) is 3. The van der Waals surface area contributed by atoms with Crippen molar-refractivity contribution in [3.63, 3.8) is 0 Å². The monoisotopic (exact) mass is 234 g/mol. The van der Waals surface area contributed by atoms with Gasteiger partial charge in [0.2, 0.25) is 0 Å². The van der Waals surface area contributed by atoms with E-state index in [0.29, 0.717) is 11.3 Å². The first-order valence-corrected chi connectivity index (χ1v) is 4.83. The largest absolute Gasteiger partial charge is 0.484 e. The first-order valence-electron chi connectivity index (χ1n) is 4.83. The molecule has 0 unspecified atom stereocenters. The number of primary amides is 1. The quantitative estimate of drug-likeness (QED) is 0.725. The van der Waals surface area contributed by atoms with Crippen molar-refractivity contribution < 1.29 is 19.4 Å². The highest BCUT2D eigenvalue weighted by molar-refractivity contribution is 5.94. The predicted molar refractivity (Wildman–Crippen MR) is 59.9 cm³/mol. The molecule has 0 aliphatic carbocycles. The Morgan fingerprint density at radius 2 is 2.12 bits per heavy atom. The zero-order valence-electron chi connectivity index (χ0n) is 8.77. The number of carbonyl (C=O) groups excluding carboxylic acids is 1. The van der Waals surface area contributed by atoms with E-state index < -0.39 is 11.9 Å². The number of carboxylic acid groups (broad SMARTS) is 1. The summed E-state index contributed by atoms with van der Waals surface area (Å²) in [6.45, 7) is -0.210. The molecule has 0 aliphatic rings. The molecule has 88 valence electrons. The summed E-state index contributed by atoms with van der Waals surface area (Å²) < 4.78 is 5.10. The molecule has 1 aromatic heterocycles. The van der Waals surface area contributed by atoms with Crippen LogP contribution in [0.1, 0.15) is 10.5 Å². The van der Waals surface area contributed by atoms with E-state index in [1.165, 1.54) is 6.07 Å². The summed E-state index contributed by atoms with van der Waals surface area (Å²) in [7, 11) is 0. The minimum atomic E-state index is -1.03. The van der Waals surface area contributed by atoms with Crippen LogP contribution in [0.4, 0.5) is 0 Å². The van der Waals surface area contributed by atoms with Gasteiger partial charge < -0.3 is 20.6 Å². The topological polar surface area (TPSA) is 105 Å². The average Bonchev–Trinajstić information content (AvgIpc) is 2.69. The number of aromatic carboxylic acids is 1. The van der Waals surface area contributed by atoms with Crippen LogP contribution in [0.3, 0.4) is 0 Å². The van der Waals surface area contributed by atoms with E-state index in [1.807, 2.05) is 0 Å². The van der Waals surface area contributed by atoms with Gasteiger partial charge in [-0.3, -0.25) is 4.79 Å². The molecule has 1 amide bonds. The number of nitrogens with two attached hydrogens (primary N) is 1. The van der Waals surface area contributed by atoms with Gasteiger partial charge in [0.1, 0.15) is 11.4 Å². The summed E-state index contributed by atoms with van der Waals surface area (Å²) >= 11 is 0. The smallest absolute Gasteiger partial charge is 0.352 e. The second kappa shape index (κ2) is 4.17. The summed E-state index contributed by atoms with van der Waals surface area (Å²) in [5, 5.41) is 9.57. The number of ether oxygens (including phenoxy) is 1. The number of aromatic amines is 1. The maximum Gasteiger partial charge on any atom is 0.352 e. The molecule has 0 spiro atoms. The molecule has 0 saturated carbocycles. The summed E-state index contributed by atoms with van der Waals surface area (Å²) in [5.74, 6) is -1.14. The lowest BCUT2D eigenvalue weighted by atomic mass is 10.2. The van der Waals surface area contributed by atoms with Crippen molar-refractivity contribution in [2.45, 2.75) is 0 Å². The van der Waals surface area contributed by atoms with Crippen LogP contribution in [0.2, 0.25) is 0 Å². The van der Waals surface area contributed by atoms with Crippen LogP contribution in [0, 0.1) is 0 Å². The normalized spacial score (nSPS) is 10.4. The van der Waals surface area contributed by atoms with Crippen LogP contribution in [-0.4, -0.2) is 28.6 Å². The maximum atomic E-state index is 10.7. The van der Waals surface area contributed by atoms with Crippen LogP contribution < -0.4 is 10.5 Å². The number of benzene rings is 1. The van der Waals surface area contributed by atoms with Crippen LogP contribution >= 0.6 is 0 Å². The Bertz CT molecular complexity index is 588. The number of hydrogen-bond donors (Lipinski definition) is 3. The number of H-pyrrole nitrogens is 1. The van der Waals surface area contributed by atoms with Crippen molar-refractivity contribution in [3.05, 3.63) is 30.0 Å². The predicted octanol–water partition coefficient (Wildman–Crippen LogP) is 0.730. The fraction of sp³-hybridized carbons (Fsp3) is 0.0909. The second-order valence-electron chi connectivity index (χ2n) is 3.49. The van der Waals surface area contributed by atoms with Crippen molar-refractivity contribution >= 4 is 22.8 Å². The standard InChI is InChI=1S/C11H10N2O4/c12-10(14)5-17-7-2-1-6-3-9(11(15)16)13-8(6)4-7/h1-4,13H,5H2,(H2,12,14)(H,15,16).